The number of nitrogens with one attached hydrogen (secondary N) is 2. The Morgan fingerprint density at radius 2 is 2.37 bits per heavy atom. The fourth-order valence-electron chi connectivity index (χ4n) is 1.74. The average molecular weight is 269 g/mol. The monoisotopic (exact) mass is 269 g/mol. The van der Waals surface area contributed by atoms with Crippen LogP contribution in [0.3, 0.4) is 0 Å². The third-order valence-electron chi connectivity index (χ3n) is 2.58. The topological polar surface area (TPSA) is 87.7 Å². The molecule has 7 heteroatoms. The second kappa shape index (κ2) is 7.40. The standard InChI is InChI=1S/C12H19N3O4/c1-3-11(17)19-8-10(16)14-9(2)7-15-6-4-5-13-12(15)18/h3,9H,1,4-8H2,2H3,(H,13,18)(H,14,16). The molecule has 2 N–H and O–H groups in total. The first-order chi connectivity index (χ1) is 9.02. The minimum absolute atomic E-state index is 0.120. The predicted molar refractivity (Wildman–Crippen MR) is 68.3 cm³/mol. The minimum atomic E-state index is -0.641. The Morgan fingerprint density at radius 1 is 1.63 bits per heavy atom. The van der Waals surface area contributed by atoms with E-state index in [0.29, 0.717) is 19.6 Å². The second-order valence-corrected chi connectivity index (χ2v) is 4.31. The van der Waals surface area contributed by atoms with Crippen LogP contribution < -0.4 is 10.6 Å². The summed E-state index contributed by atoms with van der Waals surface area (Å²) in [5.74, 6) is -1.04. The summed E-state index contributed by atoms with van der Waals surface area (Å²) in [7, 11) is 0. The number of carbonyl (C=O) groups is 3. The number of amides is 3. The number of carbonyl (C=O) groups excluding carboxylic acids is 3. The molecule has 1 heterocycles. The smallest absolute Gasteiger partial charge is 0.330 e. The highest BCUT2D eigenvalue weighted by atomic mass is 16.5. The van der Waals surface area contributed by atoms with E-state index in [2.05, 4.69) is 21.9 Å². The van der Waals surface area contributed by atoms with Crippen molar-refractivity contribution in [1.82, 2.24) is 15.5 Å². The van der Waals surface area contributed by atoms with Crippen molar-refractivity contribution in [2.45, 2.75) is 19.4 Å². The van der Waals surface area contributed by atoms with Gasteiger partial charge in [-0.1, -0.05) is 6.58 Å². The summed E-state index contributed by atoms with van der Waals surface area (Å²) < 4.78 is 4.60. The Labute approximate surface area is 112 Å². The molecule has 3 amide bonds. The van der Waals surface area contributed by atoms with Crippen LogP contribution in [0.25, 0.3) is 0 Å². The molecule has 106 valence electrons. The van der Waals surface area contributed by atoms with Crippen molar-refractivity contribution in [1.29, 1.82) is 0 Å². The Hall–Kier alpha value is -2.05. The molecule has 0 bridgehead atoms. The zero-order valence-corrected chi connectivity index (χ0v) is 11.0. The maximum Gasteiger partial charge on any atom is 0.330 e. The summed E-state index contributed by atoms with van der Waals surface area (Å²) in [4.78, 5) is 35.4. The van der Waals surface area contributed by atoms with Crippen LogP contribution in [0.5, 0.6) is 0 Å². The van der Waals surface area contributed by atoms with Crippen molar-refractivity contribution in [3.05, 3.63) is 12.7 Å². The normalized spacial score (nSPS) is 16.3. The number of hydrogen-bond donors (Lipinski definition) is 2. The third kappa shape index (κ3) is 5.41. The zero-order chi connectivity index (χ0) is 14.3. The second-order valence-electron chi connectivity index (χ2n) is 4.31. The summed E-state index contributed by atoms with van der Waals surface area (Å²) in [6.45, 7) is 6.46. The van der Waals surface area contributed by atoms with E-state index < -0.39 is 11.9 Å². The van der Waals surface area contributed by atoms with Gasteiger partial charge in [-0.2, -0.15) is 0 Å². The van der Waals surface area contributed by atoms with Crippen LogP contribution in [-0.4, -0.2) is 55.1 Å². The summed E-state index contributed by atoms with van der Waals surface area (Å²) in [5.41, 5.74) is 0. The van der Waals surface area contributed by atoms with Gasteiger partial charge in [0, 0.05) is 31.8 Å². The van der Waals surface area contributed by atoms with Crippen molar-refractivity contribution >= 4 is 17.9 Å². The Bertz CT molecular complexity index is 370. The summed E-state index contributed by atoms with van der Waals surface area (Å²) >= 11 is 0. The molecule has 0 radical (unpaired) electrons. The van der Waals surface area contributed by atoms with Crippen LogP contribution in [0.15, 0.2) is 12.7 Å². The molecule has 0 aliphatic carbocycles. The third-order valence-corrected chi connectivity index (χ3v) is 2.58. The van der Waals surface area contributed by atoms with Gasteiger partial charge in [-0.3, -0.25) is 4.79 Å². The van der Waals surface area contributed by atoms with Gasteiger partial charge in [-0.15, -0.1) is 0 Å². The van der Waals surface area contributed by atoms with Crippen LogP contribution in [0.4, 0.5) is 4.79 Å². The molecule has 1 unspecified atom stereocenters. The van der Waals surface area contributed by atoms with Crippen molar-refractivity contribution < 1.29 is 19.1 Å². The summed E-state index contributed by atoms with van der Waals surface area (Å²) in [6.07, 6.45) is 1.89. The minimum Gasteiger partial charge on any atom is -0.452 e. The molecule has 0 saturated carbocycles. The van der Waals surface area contributed by atoms with Gasteiger partial charge in [-0.25, -0.2) is 9.59 Å². The number of urea groups is 1. The van der Waals surface area contributed by atoms with E-state index in [1.165, 1.54) is 0 Å². The van der Waals surface area contributed by atoms with Gasteiger partial charge in [0.1, 0.15) is 0 Å². The molecule has 19 heavy (non-hydrogen) atoms. The van der Waals surface area contributed by atoms with Crippen molar-refractivity contribution in [2.24, 2.45) is 0 Å². The molecule has 0 aromatic rings. The first-order valence-electron chi connectivity index (χ1n) is 6.14. The van der Waals surface area contributed by atoms with Crippen LogP contribution in [-0.2, 0) is 14.3 Å². The first kappa shape index (κ1) is 15.0. The SMILES string of the molecule is C=CC(=O)OCC(=O)NC(C)CN1CCCNC1=O. The average Bonchev–Trinajstić information content (AvgIpc) is 2.38. The molecular weight excluding hydrogens is 250 g/mol. The number of esters is 1. The van der Waals surface area contributed by atoms with Gasteiger partial charge in [0.25, 0.3) is 5.91 Å². The Balaban J connectivity index is 2.27. The Morgan fingerprint density at radius 3 is 3.00 bits per heavy atom. The van der Waals surface area contributed by atoms with Gasteiger partial charge in [0.15, 0.2) is 6.61 Å². The highest BCUT2D eigenvalue weighted by molar-refractivity contribution is 5.85. The molecule has 0 spiro atoms. The predicted octanol–water partition coefficient (Wildman–Crippen LogP) is -0.364. The van der Waals surface area contributed by atoms with Crippen molar-refractivity contribution in [3.8, 4) is 0 Å². The maximum absolute atomic E-state index is 11.5. The lowest BCUT2D eigenvalue weighted by Gasteiger charge is -2.30. The molecule has 7 nitrogen and oxygen atoms in total. The van der Waals surface area contributed by atoms with Crippen LogP contribution in [0.2, 0.25) is 0 Å². The van der Waals surface area contributed by atoms with E-state index in [9.17, 15) is 14.4 Å². The lowest BCUT2D eigenvalue weighted by molar-refractivity contribution is -0.144. The van der Waals surface area contributed by atoms with Crippen molar-refractivity contribution in [2.75, 3.05) is 26.2 Å². The molecule has 0 aromatic carbocycles. The fourth-order valence-corrected chi connectivity index (χ4v) is 1.74. The number of nitrogens with zero attached hydrogens (tertiary/aromatic N) is 1. The van der Waals surface area contributed by atoms with Gasteiger partial charge in [-0.05, 0) is 13.3 Å². The van der Waals surface area contributed by atoms with Crippen molar-refractivity contribution in [3.63, 3.8) is 0 Å². The van der Waals surface area contributed by atoms with E-state index in [-0.39, 0.29) is 18.7 Å². The van der Waals surface area contributed by atoms with E-state index in [1.807, 2.05) is 0 Å². The highest BCUT2D eigenvalue weighted by Gasteiger charge is 2.20. The lowest BCUT2D eigenvalue weighted by Crippen LogP contribution is -2.51. The van der Waals surface area contributed by atoms with Crippen LogP contribution in [0, 0.1) is 0 Å². The van der Waals surface area contributed by atoms with E-state index in [1.54, 1.807) is 11.8 Å². The van der Waals surface area contributed by atoms with Gasteiger partial charge in [0.2, 0.25) is 0 Å². The first-order valence-corrected chi connectivity index (χ1v) is 6.14. The molecule has 0 aromatic heterocycles. The quantitative estimate of drug-likeness (QED) is 0.509. The largest absolute Gasteiger partial charge is 0.452 e. The highest BCUT2D eigenvalue weighted by Crippen LogP contribution is 2.00. The molecule has 1 fully saturated rings. The Kier molecular flexibility index (Phi) is 5.84. The number of rotatable bonds is 6. The zero-order valence-electron chi connectivity index (χ0n) is 11.0. The molecular formula is C12H19N3O4. The maximum atomic E-state index is 11.5. The van der Waals surface area contributed by atoms with Crippen LogP contribution in [0.1, 0.15) is 13.3 Å². The van der Waals surface area contributed by atoms with Gasteiger partial charge < -0.3 is 20.3 Å². The molecule has 1 aliphatic heterocycles. The molecule has 1 rings (SSSR count). The fraction of sp³-hybridized carbons (Fsp3) is 0.583. The van der Waals surface area contributed by atoms with E-state index in [4.69, 9.17) is 0 Å². The lowest BCUT2D eigenvalue weighted by atomic mass is 10.2. The van der Waals surface area contributed by atoms with E-state index in [0.717, 1.165) is 12.5 Å². The summed E-state index contributed by atoms with van der Waals surface area (Å²) in [6, 6.07) is -0.329. The molecule has 1 atom stereocenters. The van der Waals surface area contributed by atoms with Crippen LogP contribution >= 0.6 is 0 Å². The number of hydrogen-bond acceptors (Lipinski definition) is 4. The number of ether oxygens (including phenoxy) is 1. The molecule has 1 saturated heterocycles. The molecule has 1 aliphatic rings. The van der Waals surface area contributed by atoms with E-state index >= 15 is 0 Å². The summed E-state index contributed by atoms with van der Waals surface area (Å²) in [5, 5.41) is 5.39. The van der Waals surface area contributed by atoms with Gasteiger partial charge in [0.05, 0.1) is 0 Å². The van der Waals surface area contributed by atoms with Gasteiger partial charge >= 0.3 is 12.0 Å².